The summed E-state index contributed by atoms with van der Waals surface area (Å²) in [6.45, 7) is 5.48. The summed E-state index contributed by atoms with van der Waals surface area (Å²) in [4.78, 5) is 39.0. The molecule has 1 aromatic carbocycles. The molecular formula is C19H27N3O4S. The van der Waals surface area contributed by atoms with Crippen molar-refractivity contribution in [2.45, 2.75) is 26.3 Å². The van der Waals surface area contributed by atoms with Crippen LogP contribution in [0.4, 0.5) is 9.59 Å². The molecule has 1 saturated heterocycles. The van der Waals surface area contributed by atoms with Gasteiger partial charge in [-0.2, -0.15) is 0 Å². The number of hydrogen-bond acceptors (Lipinski definition) is 5. The second-order valence-electron chi connectivity index (χ2n) is 6.31. The third-order valence-corrected chi connectivity index (χ3v) is 5.21. The average Bonchev–Trinajstić information content (AvgIpc) is 2.67. The SMILES string of the molecule is CCOC(=O)N1CCN(C(=O)NC(CSC(C)=O)Cc2ccccc2)CC1. The summed E-state index contributed by atoms with van der Waals surface area (Å²) in [7, 11) is 0. The van der Waals surface area contributed by atoms with Crippen LogP contribution in [0.1, 0.15) is 19.4 Å². The molecule has 0 spiro atoms. The summed E-state index contributed by atoms with van der Waals surface area (Å²) in [5.41, 5.74) is 1.11. The molecule has 8 heteroatoms. The van der Waals surface area contributed by atoms with Gasteiger partial charge >= 0.3 is 12.1 Å². The summed E-state index contributed by atoms with van der Waals surface area (Å²) in [6.07, 6.45) is 0.327. The molecule has 1 unspecified atom stereocenters. The molecule has 1 aliphatic rings. The fourth-order valence-corrected chi connectivity index (χ4v) is 3.48. The fourth-order valence-electron chi connectivity index (χ4n) is 2.84. The van der Waals surface area contributed by atoms with Crippen LogP contribution in [0.2, 0.25) is 0 Å². The standard InChI is InChI=1S/C19H27N3O4S/c1-3-26-19(25)22-11-9-21(10-12-22)18(24)20-17(14-27-15(2)23)13-16-7-5-4-6-8-16/h4-8,17H,3,9-14H2,1-2H3,(H,20,24). The van der Waals surface area contributed by atoms with E-state index in [4.69, 9.17) is 4.74 Å². The minimum Gasteiger partial charge on any atom is -0.450 e. The number of benzene rings is 1. The maximum absolute atomic E-state index is 12.6. The van der Waals surface area contributed by atoms with Crippen molar-refractivity contribution in [1.29, 1.82) is 0 Å². The third kappa shape index (κ3) is 7.13. The van der Waals surface area contributed by atoms with Gasteiger partial charge in [-0.3, -0.25) is 4.79 Å². The van der Waals surface area contributed by atoms with Gasteiger partial charge in [-0.1, -0.05) is 42.1 Å². The lowest BCUT2D eigenvalue weighted by Gasteiger charge is -2.35. The largest absolute Gasteiger partial charge is 0.450 e. The topological polar surface area (TPSA) is 79.0 Å². The number of rotatable bonds is 6. The molecule has 1 heterocycles. The molecule has 7 nitrogen and oxygen atoms in total. The first kappa shape index (κ1) is 21.1. The van der Waals surface area contributed by atoms with Crippen molar-refractivity contribution >= 4 is 29.0 Å². The van der Waals surface area contributed by atoms with Crippen LogP contribution in [-0.4, -0.2) is 71.6 Å². The van der Waals surface area contributed by atoms with Crippen LogP contribution in [0.5, 0.6) is 0 Å². The molecule has 148 valence electrons. The van der Waals surface area contributed by atoms with Crippen LogP contribution in [0.3, 0.4) is 0 Å². The number of urea groups is 1. The second kappa shape index (κ2) is 10.8. The van der Waals surface area contributed by atoms with Crippen LogP contribution >= 0.6 is 11.8 Å². The van der Waals surface area contributed by atoms with Crippen LogP contribution in [-0.2, 0) is 16.0 Å². The molecule has 0 aliphatic carbocycles. The van der Waals surface area contributed by atoms with Gasteiger partial charge in [0.25, 0.3) is 0 Å². The molecule has 0 radical (unpaired) electrons. The number of nitrogens with zero attached hydrogens (tertiary/aromatic N) is 2. The Labute approximate surface area is 164 Å². The first-order valence-corrected chi connectivity index (χ1v) is 10.1. The van der Waals surface area contributed by atoms with Crippen molar-refractivity contribution in [3.05, 3.63) is 35.9 Å². The highest BCUT2D eigenvalue weighted by atomic mass is 32.2. The van der Waals surface area contributed by atoms with Gasteiger partial charge in [-0.25, -0.2) is 9.59 Å². The molecule has 0 saturated carbocycles. The highest BCUT2D eigenvalue weighted by Crippen LogP contribution is 2.11. The van der Waals surface area contributed by atoms with E-state index < -0.39 is 0 Å². The lowest BCUT2D eigenvalue weighted by atomic mass is 10.1. The van der Waals surface area contributed by atoms with E-state index in [9.17, 15) is 14.4 Å². The Morgan fingerprint density at radius 1 is 1.11 bits per heavy atom. The zero-order chi connectivity index (χ0) is 19.6. The summed E-state index contributed by atoms with van der Waals surface area (Å²) in [5, 5.41) is 3.07. The minimum atomic E-state index is -0.336. The van der Waals surface area contributed by atoms with E-state index in [2.05, 4.69) is 5.32 Å². The maximum atomic E-state index is 12.6. The lowest BCUT2D eigenvalue weighted by molar-refractivity contribution is -0.109. The Bertz CT molecular complexity index is 633. The zero-order valence-electron chi connectivity index (χ0n) is 15.8. The summed E-state index contributed by atoms with van der Waals surface area (Å²) in [6, 6.07) is 9.58. The Kier molecular flexibility index (Phi) is 8.44. The molecule has 1 aliphatic heterocycles. The van der Waals surface area contributed by atoms with Crippen LogP contribution < -0.4 is 5.32 Å². The van der Waals surface area contributed by atoms with Gasteiger partial charge in [0.2, 0.25) is 0 Å². The number of ether oxygens (including phenoxy) is 1. The van der Waals surface area contributed by atoms with E-state index in [1.165, 1.54) is 18.7 Å². The normalized spacial score (nSPS) is 15.2. The predicted octanol–water partition coefficient (Wildman–Crippen LogP) is 2.36. The molecule has 0 bridgehead atoms. The van der Waals surface area contributed by atoms with Crippen molar-refractivity contribution in [1.82, 2.24) is 15.1 Å². The number of hydrogen-bond donors (Lipinski definition) is 1. The minimum absolute atomic E-state index is 0.0327. The molecular weight excluding hydrogens is 366 g/mol. The maximum Gasteiger partial charge on any atom is 0.409 e. The Morgan fingerprint density at radius 2 is 1.74 bits per heavy atom. The van der Waals surface area contributed by atoms with E-state index in [0.717, 1.165) is 5.56 Å². The van der Waals surface area contributed by atoms with Crippen molar-refractivity contribution in [2.24, 2.45) is 0 Å². The van der Waals surface area contributed by atoms with Crippen molar-refractivity contribution < 1.29 is 19.1 Å². The molecule has 0 aromatic heterocycles. The van der Waals surface area contributed by atoms with Gasteiger partial charge in [-0.15, -0.1) is 0 Å². The number of carbonyl (C=O) groups is 3. The van der Waals surface area contributed by atoms with Crippen LogP contribution in [0.25, 0.3) is 0 Å². The molecule has 1 atom stereocenters. The number of carbonyl (C=O) groups excluding carboxylic acids is 3. The quantitative estimate of drug-likeness (QED) is 0.803. The highest BCUT2D eigenvalue weighted by molar-refractivity contribution is 8.13. The zero-order valence-corrected chi connectivity index (χ0v) is 16.7. The van der Waals surface area contributed by atoms with E-state index in [1.807, 2.05) is 30.3 Å². The Morgan fingerprint density at radius 3 is 2.33 bits per heavy atom. The monoisotopic (exact) mass is 393 g/mol. The van der Waals surface area contributed by atoms with Crippen molar-refractivity contribution in [2.75, 3.05) is 38.5 Å². The van der Waals surface area contributed by atoms with Crippen molar-refractivity contribution in [3.63, 3.8) is 0 Å². The second-order valence-corrected chi connectivity index (χ2v) is 7.51. The summed E-state index contributed by atoms with van der Waals surface area (Å²) < 4.78 is 5.00. The van der Waals surface area contributed by atoms with E-state index in [1.54, 1.807) is 16.7 Å². The Balaban J connectivity index is 1.89. The first-order chi connectivity index (χ1) is 13.0. The van der Waals surface area contributed by atoms with Gasteiger partial charge in [0.15, 0.2) is 5.12 Å². The predicted molar refractivity (Wildman–Crippen MR) is 106 cm³/mol. The number of amides is 3. The lowest BCUT2D eigenvalue weighted by Crippen LogP contribution is -2.55. The van der Waals surface area contributed by atoms with Crippen LogP contribution in [0.15, 0.2) is 30.3 Å². The number of piperazine rings is 1. The number of thioether (sulfide) groups is 1. The third-order valence-electron chi connectivity index (χ3n) is 4.23. The van der Waals surface area contributed by atoms with E-state index in [0.29, 0.717) is 45.0 Å². The molecule has 27 heavy (non-hydrogen) atoms. The fraction of sp³-hybridized carbons (Fsp3) is 0.526. The Hall–Kier alpha value is -2.22. The molecule has 3 amide bonds. The van der Waals surface area contributed by atoms with Gasteiger partial charge in [0, 0.05) is 44.9 Å². The molecule has 1 aromatic rings. The molecule has 1 N–H and O–H groups in total. The van der Waals surface area contributed by atoms with Gasteiger partial charge in [-0.05, 0) is 18.9 Å². The van der Waals surface area contributed by atoms with Crippen molar-refractivity contribution in [3.8, 4) is 0 Å². The molecule has 2 rings (SSSR count). The smallest absolute Gasteiger partial charge is 0.409 e. The van der Waals surface area contributed by atoms with Gasteiger partial charge in [0.1, 0.15) is 0 Å². The summed E-state index contributed by atoms with van der Waals surface area (Å²) >= 11 is 1.22. The summed E-state index contributed by atoms with van der Waals surface area (Å²) in [5.74, 6) is 0.527. The van der Waals surface area contributed by atoms with E-state index >= 15 is 0 Å². The highest BCUT2D eigenvalue weighted by Gasteiger charge is 2.26. The average molecular weight is 394 g/mol. The van der Waals surface area contributed by atoms with Crippen LogP contribution in [0, 0.1) is 0 Å². The number of nitrogens with one attached hydrogen (secondary N) is 1. The first-order valence-electron chi connectivity index (χ1n) is 9.14. The van der Waals surface area contributed by atoms with E-state index in [-0.39, 0.29) is 23.3 Å². The van der Waals surface area contributed by atoms with Gasteiger partial charge in [0.05, 0.1) is 6.61 Å². The molecule has 1 fully saturated rings. The van der Waals surface area contributed by atoms with Gasteiger partial charge < -0.3 is 19.9 Å².